The molecule has 0 aliphatic carbocycles. The van der Waals surface area contributed by atoms with Crippen molar-refractivity contribution in [2.75, 3.05) is 38.1 Å². The summed E-state index contributed by atoms with van der Waals surface area (Å²) in [5.74, 6) is -0.957. The summed E-state index contributed by atoms with van der Waals surface area (Å²) >= 11 is 0. The van der Waals surface area contributed by atoms with E-state index in [2.05, 4.69) is 32.1 Å². The average molecular weight is 479 g/mol. The third kappa shape index (κ3) is 5.27. The van der Waals surface area contributed by atoms with Gasteiger partial charge >= 0.3 is 6.01 Å². The summed E-state index contributed by atoms with van der Waals surface area (Å²) in [5.41, 5.74) is 1.77. The molecule has 35 heavy (non-hydrogen) atoms. The van der Waals surface area contributed by atoms with Gasteiger partial charge < -0.3 is 14.3 Å². The number of rotatable bonds is 5. The predicted molar refractivity (Wildman–Crippen MR) is 127 cm³/mol. The SMILES string of the molecule is CN1CCCN(c2nc(-c3cccc(Cn4nc(-c5cc(F)cc(F)c5)ccc4=O)c3)no2)CC1. The lowest BCUT2D eigenvalue weighted by molar-refractivity contribution is 0.358. The maximum atomic E-state index is 13.6. The van der Waals surface area contributed by atoms with Crippen molar-refractivity contribution in [3.05, 3.63) is 82.1 Å². The van der Waals surface area contributed by atoms with Crippen LogP contribution in [0.25, 0.3) is 22.6 Å². The van der Waals surface area contributed by atoms with Crippen molar-refractivity contribution >= 4 is 6.01 Å². The van der Waals surface area contributed by atoms with Gasteiger partial charge in [0.25, 0.3) is 5.56 Å². The lowest BCUT2D eigenvalue weighted by atomic mass is 10.1. The van der Waals surface area contributed by atoms with Gasteiger partial charge in [0.05, 0.1) is 12.2 Å². The monoisotopic (exact) mass is 478 g/mol. The zero-order valence-electron chi connectivity index (χ0n) is 19.2. The van der Waals surface area contributed by atoms with E-state index in [0.717, 1.165) is 49.8 Å². The van der Waals surface area contributed by atoms with E-state index in [1.807, 2.05) is 24.3 Å². The molecular formula is C25H24F2N6O2. The first-order chi connectivity index (χ1) is 16.9. The Morgan fingerprint density at radius 1 is 0.943 bits per heavy atom. The normalized spacial score (nSPS) is 14.8. The molecule has 0 N–H and O–H groups in total. The maximum absolute atomic E-state index is 13.6. The van der Waals surface area contributed by atoms with Gasteiger partial charge in [-0.25, -0.2) is 13.5 Å². The first kappa shape index (κ1) is 22.9. The second kappa shape index (κ2) is 9.75. The Labute approximate surface area is 200 Å². The van der Waals surface area contributed by atoms with Gasteiger partial charge in [-0.2, -0.15) is 10.1 Å². The Kier molecular flexibility index (Phi) is 6.37. The van der Waals surface area contributed by atoms with Crippen LogP contribution in [-0.2, 0) is 6.54 Å². The molecule has 2 aromatic heterocycles. The molecule has 5 rings (SSSR count). The van der Waals surface area contributed by atoms with Crippen molar-refractivity contribution in [3.8, 4) is 22.6 Å². The molecule has 8 nitrogen and oxygen atoms in total. The number of halogens is 2. The molecule has 10 heteroatoms. The average Bonchev–Trinajstić information content (AvgIpc) is 3.22. The van der Waals surface area contributed by atoms with Crippen LogP contribution in [0, 0.1) is 11.6 Å². The Morgan fingerprint density at radius 2 is 1.77 bits per heavy atom. The van der Waals surface area contributed by atoms with E-state index in [0.29, 0.717) is 17.5 Å². The minimum Gasteiger partial charge on any atom is -0.323 e. The van der Waals surface area contributed by atoms with E-state index in [-0.39, 0.29) is 17.7 Å². The highest BCUT2D eigenvalue weighted by Crippen LogP contribution is 2.23. The van der Waals surface area contributed by atoms with Crippen LogP contribution in [-0.4, -0.2) is 58.0 Å². The van der Waals surface area contributed by atoms with Crippen molar-refractivity contribution in [2.45, 2.75) is 13.0 Å². The molecule has 0 bridgehead atoms. The summed E-state index contributed by atoms with van der Waals surface area (Å²) < 4.78 is 34.1. The molecule has 1 aliphatic heterocycles. The predicted octanol–water partition coefficient (Wildman–Crippen LogP) is 3.43. The molecule has 0 saturated carbocycles. The third-order valence-corrected chi connectivity index (χ3v) is 5.95. The Morgan fingerprint density at radius 3 is 2.60 bits per heavy atom. The number of hydrogen-bond acceptors (Lipinski definition) is 7. The van der Waals surface area contributed by atoms with Crippen LogP contribution in [0.5, 0.6) is 0 Å². The fourth-order valence-electron chi connectivity index (χ4n) is 4.10. The summed E-state index contributed by atoms with van der Waals surface area (Å²) in [6.07, 6.45) is 1.02. The molecule has 0 unspecified atom stereocenters. The molecule has 2 aromatic carbocycles. The Balaban J connectivity index is 1.38. The Hall–Kier alpha value is -3.92. The van der Waals surface area contributed by atoms with Gasteiger partial charge in [-0.1, -0.05) is 23.4 Å². The number of anilines is 1. The van der Waals surface area contributed by atoms with E-state index in [4.69, 9.17) is 4.52 Å². The van der Waals surface area contributed by atoms with Crippen LogP contribution >= 0.6 is 0 Å². The van der Waals surface area contributed by atoms with Crippen LogP contribution in [0.15, 0.2) is 63.9 Å². The number of nitrogens with zero attached hydrogens (tertiary/aromatic N) is 6. The van der Waals surface area contributed by atoms with Gasteiger partial charge in [0, 0.05) is 42.9 Å². The molecule has 4 aromatic rings. The number of hydrogen-bond donors (Lipinski definition) is 0. The molecular weight excluding hydrogens is 454 g/mol. The van der Waals surface area contributed by atoms with Crippen LogP contribution < -0.4 is 10.5 Å². The van der Waals surface area contributed by atoms with Gasteiger partial charge in [0.1, 0.15) is 11.6 Å². The van der Waals surface area contributed by atoms with E-state index in [1.165, 1.54) is 28.9 Å². The van der Waals surface area contributed by atoms with E-state index < -0.39 is 11.6 Å². The lowest BCUT2D eigenvalue weighted by Gasteiger charge is -2.16. The molecule has 1 fully saturated rings. The molecule has 3 heterocycles. The quantitative estimate of drug-likeness (QED) is 0.435. The highest BCUT2D eigenvalue weighted by molar-refractivity contribution is 5.59. The van der Waals surface area contributed by atoms with Gasteiger partial charge in [0.15, 0.2) is 0 Å². The van der Waals surface area contributed by atoms with E-state index >= 15 is 0 Å². The maximum Gasteiger partial charge on any atom is 0.324 e. The van der Waals surface area contributed by atoms with E-state index in [9.17, 15) is 13.6 Å². The van der Waals surface area contributed by atoms with Crippen molar-refractivity contribution in [1.29, 1.82) is 0 Å². The summed E-state index contributed by atoms with van der Waals surface area (Å²) in [7, 11) is 2.10. The lowest BCUT2D eigenvalue weighted by Crippen LogP contribution is -2.28. The van der Waals surface area contributed by atoms with Crippen molar-refractivity contribution < 1.29 is 13.3 Å². The minimum atomic E-state index is -0.709. The van der Waals surface area contributed by atoms with Gasteiger partial charge in [-0.15, -0.1) is 0 Å². The topological polar surface area (TPSA) is 80.3 Å². The van der Waals surface area contributed by atoms with Gasteiger partial charge in [0.2, 0.25) is 5.82 Å². The molecule has 1 aliphatic rings. The van der Waals surface area contributed by atoms with Gasteiger partial charge in [-0.3, -0.25) is 4.79 Å². The molecule has 0 spiro atoms. The summed E-state index contributed by atoms with van der Waals surface area (Å²) in [4.78, 5) is 21.4. The summed E-state index contributed by atoms with van der Waals surface area (Å²) in [6.45, 7) is 3.80. The summed E-state index contributed by atoms with van der Waals surface area (Å²) in [6, 6.07) is 13.9. The molecule has 1 saturated heterocycles. The molecule has 0 radical (unpaired) electrons. The first-order valence-electron chi connectivity index (χ1n) is 11.4. The third-order valence-electron chi connectivity index (χ3n) is 5.95. The second-order valence-electron chi connectivity index (χ2n) is 8.62. The Bertz CT molecular complexity index is 1380. The van der Waals surface area contributed by atoms with E-state index in [1.54, 1.807) is 0 Å². The van der Waals surface area contributed by atoms with Crippen LogP contribution in [0.1, 0.15) is 12.0 Å². The van der Waals surface area contributed by atoms with Gasteiger partial charge in [-0.05, 0) is 49.8 Å². The minimum absolute atomic E-state index is 0.168. The second-order valence-corrected chi connectivity index (χ2v) is 8.62. The molecule has 0 atom stereocenters. The zero-order valence-corrected chi connectivity index (χ0v) is 19.2. The number of aromatic nitrogens is 4. The number of likely N-dealkylation sites (N-methyl/N-ethyl adjacent to an activating group) is 1. The molecule has 0 amide bonds. The first-order valence-corrected chi connectivity index (χ1v) is 11.4. The molecule has 180 valence electrons. The van der Waals surface area contributed by atoms with Crippen molar-refractivity contribution in [1.82, 2.24) is 24.8 Å². The van der Waals surface area contributed by atoms with Crippen LogP contribution in [0.2, 0.25) is 0 Å². The largest absolute Gasteiger partial charge is 0.324 e. The van der Waals surface area contributed by atoms with Crippen LogP contribution in [0.4, 0.5) is 14.8 Å². The smallest absolute Gasteiger partial charge is 0.323 e. The highest BCUT2D eigenvalue weighted by atomic mass is 19.1. The fraction of sp³-hybridized carbons (Fsp3) is 0.280. The number of benzene rings is 2. The van der Waals surface area contributed by atoms with Crippen LogP contribution in [0.3, 0.4) is 0 Å². The fourth-order valence-corrected chi connectivity index (χ4v) is 4.10. The zero-order chi connectivity index (χ0) is 24.4. The van der Waals surface area contributed by atoms with Crippen molar-refractivity contribution in [2.24, 2.45) is 0 Å². The highest BCUT2D eigenvalue weighted by Gasteiger charge is 2.19. The summed E-state index contributed by atoms with van der Waals surface area (Å²) in [5, 5.41) is 8.46. The standard InChI is InChI=1S/C25H24F2N6O2/c1-31-8-3-9-32(11-10-31)25-28-24(30-35-25)18-5-2-4-17(12-18)16-33-23(34)7-6-22(29-33)19-13-20(26)15-21(27)14-19/h2,4-7,12-15H,3,8-11,16H2,1H3. The van der Waals surface area contributed by atoms with Crippen molar-refractivity contribution in [3.63, 3.8) is 0 Å².